The molecule has 0 saturated carbocycles. The van der Waals surface area contributed by atoms with E-state index in [2.05, 4.69) is 23.7 Å². The van der Waals surface area contributed by atoms with Crippen molar-refractivity contribution in [2.75, 3.05) is 6.54 Å². The number of rotatable bonds is 5. The van der Waals surface area contributed by atoms with E-state index in [0.29, 0.717) is 12.5 Å². The minimum Gasteiger partial charge on any atom is -0.463 e. The second-order valence-electron chi connectivity index (χ2n) is 5.78. The molecular formula is C18H21N3OS. The molecule has 2 heterocycles. The molecule has 0 aromatic carbocycles. The summed E-state index contributed by atoms with van der Waals surface area (Å²) in [5.74, 6) is 1.30. The molecule has 2 aromatic heterocycles. The van der Waals surface area contributed by atoms with Gasteiger partial charge >= 0.3 is 0 Å². The largest absolute Gasteiger partial charge is 0.463 e. The summed E-state index contributed by atoms with van der Waals surface area (Å²) in [7, 11) is 0. The summed E-state index contributed by atoms with van der Waals surface area (Å²) in [6.07, 6.45) is 11.5. The Hall–Kier alpha value is -2.14. The Labute approximate surface area is 140 Å². The number of aromatic nitrogens is 1. The Morgan fingerprint density at radius 1 is 1.52 bits per heavy atom. The maximum Gasteiger partial charge on any atom is 0.206 e. The lowest BCUT2D eigenvalue weighted by Crippen LogP contribution is -2.14. The first-order valence-corrected chi connectivity index (χ1v) is 8.71. The molecule has 0 radical (unpaired) electrons. The summed E-state index contributed by atoms with van der Waals surface area (Å²) < 4.78 is 7.41. The Bertz CT molecular complexity index is 778. The molecular weight excluding hydrogens is 306 g/mol. The first kappa shape index (κ1) is 15.7. The molecule has 23 heavy (non-hydrogen) atoms. The van der Waals surface area contributed by atoms with Gasteiger partial charge in [0.2, 0.25) is 4.80 Å². The molecule has 2 aromatic rings. The zero-order chi connectivity index (χ0) is 16.1. The van der Waals surface area contributed by atoms with E-state index < -0.39 is 0 Å². The van der Waals surface area contributed by atoms with Gasteiger partial charge in [-0.25, -0.2) is 4.68 Å². The van der Waals surface area contributed by atoms with E-state index in [1.807, 2.05) is 35.3 Å². The average molecular weight is 327 g/mol. The van der Waals surface area contributed by atoms with E-state index in [1.54, 1.807) is 17.6 Å². The van der Waals surface area contributed by atoms with E-state index >= 15 is 0 Å². The van der Waals surface area contributed by atoms with E-state index in [-0.39, 0.29) is 0 Å². The first-order chi connectivity index (χ1) is 11.2. The highest BCUT2D eigenvalue weighted by Gasteiger charge is 2.11. The standard InChI is InChI=1S/C18H21N3OS/c1-14(2)11-19-18-21(20-12-15-7-4-3-5-8-15)16(13-23-18)17-9-6-10-22-17/h3-4,6,9-10,12-13,15H,1,5,7-8,11H2,2H3. The van der Waals surface area contributed by atoms with Crippen molar-refractivity contribution in [1.82, 2.24) is 4.68 Å². The molecule has 0 bridgehead atoms. The quantitative estimate of drug-likeness (QED) is 0.590. The van der Waals surface area contributed by atoms with Crippen LogP contribution >= 0.6 is 11.3 Å². The third-order valence-corrected chi connectivity index (χ3v) is 4.50. The van der Waals surface area contributed by atoms with Crippen LogP contribution in [-0.2, 0) is 0 Å². The third kappa shape index (κ3) is 3.99. The van der Waals surface area contributed by atoms with Crippen molar-refractivity contribution in [3.05, 3.63) is 52.9 Å². The number of hydrogen-bond acceptors (Lipinski definition) is 4. The first-order valence-electron chi connectivity index (χ1n) is 7.83. The molecule has 1 atom stereocenters. The lowest BCUT2D eigenvalue weighted by atomic mass is 9.96. The van der Waals surface area contributed by atoms with Crippen LogP contribution in [0, 0.1) is 5.92 Å². The fraction of sp³-hybridized carbons (Fsp3) is 0.333. The normalized spacial score (nSPS) is 18.8. The predicted molar refractivity (Wildman–Crippen MR) is 95.6 cm³/mol. The zero-order valence-electron chi connectivity index (χ0n) is 13.3. The van der Waals surface area contributed by atoms with Crippen LogP contribution in [0.2, 0.25) is 0 Å². The Kier molecular flexibility index (Phi) is 5.08. The van der Waals surface area contributed by atoms with Crippen LogP contribution < -0.4 is 4.80 Å². The summed E-state index contributed by atoms with van der Waals surface area (Å²) in [4.78, 5) is 5.48. The molecule has 0 fully saturated rings. The van der Waals surface area contributed by atoms with Crippen LogP contribution in [0.4, 0.5) is 0 Å². The smallest absolute Gasteiger partial charge is 0.206 e. The highest BCUT2D eigenvalue weighted by molar-refractivity contribution is 7.07. The van der Waals surface area contributed by atoms with Gasteiger partial charge in [-0.05, 0) is 44.2 Å². The SMILES string of the molecule is C=C(C)CN=c1scc(-c2ccco2)n1N=CC1CC=CCC1. The van der Waals surface area contributed by atoms with Gasteiger partial charge in [0.15, 0.2) is 5.76 Å². The summed E-state index contributed by atoms with van der Waals surface area (Å²) in [6.45, 7) is 6.50. The molecule has 0 amide bonds. The molecule has 120 valence electrons. The number of nitrogens with zero attached hydrogens (tertiary/aromatic N) is 3. The summed E-state index contributed by atoms with van der Waals surface area (Å²) >= 11 is 1.57. The molecule has 0 saturated heterocycles. The van der Waals surface area contributed by atoms with Crippen molar-refractivity contribution in [2.24, 2.45) is 16.0 Å². The van der Waals surface area contributed by atoms with Gasteiger partial charge in [0.1, 0.15) is 5.69 Å². The maximum atomic E-state index is 5.53. The molecule has 1 aliphatic rings. The van der Waals surface area contributed by atoms with Crippen molar-refractivity contribution in [3.63, 3.8) is 0 Å². The van der Waals surface area contributed by atoms with Crippen LogP contribution in [0.1, 0.15) is 26.2 Å². The monoisotopic (exact) mass is 327 g/mol. The summed E-state index contributed by atoms with van der Waals surface area (Å²) in [6, 6.07) is 3.83. The number of allylic oxidation sites excluding steroid dienone is 2. The van der Waals surface area contributed by atoms with Crippen LogP contribution in [0.3, 0.4) is 0 Å². The van der Waals surface area contributed by atoms with Crippen molar-refractivity contribution >= 4 is 17.6 Å². The lowest BCUT2D eigenvalue weighted by molar-refractivity contribution is 0.574. The predicted octanol–water partition coefficient (Wildman–Crippen LogP) is 4.48. The molecule has 0 N–H and O–H groups in total. The minimum atomic E-state index is 0.492. The van der Waals surface area contributed by atoms with Crippen molar-refractivity contribution in [2.45, 2.75) is 26.2 Å². The van der Waals surface area contributed by atoms with Crippen LogP contribution in [0.15, 0.2) is 62.6 Å². The van der Waals surface area contributed by atoms with E-state index in [9.17, 15) is 0 Å². The van der Waals surface area contributed by atoms with Gasteiger partial charge in [0.25, 0.3) is 0 Å². The molecule has 5 heteroatoms. The van der Waals surface area contributed by atoms with Crippen LogP contribution in [0.25, 0.3) is 11.5 Å². The van der Waals surface area contributed by atoms with Gasteiger partial charge in [0, 0.05) is 11.6 Å². The second-order valence-corrected chi connectivity index (χ2v) is 6.61. The Balaban J connectivity index is 1.95. The molecule has 0 spiro atoms. The minimum absolute atomic E-state index is 0.492. The van der Waals surface area contributed by atoms with Crippen molar-refractivity contribution in [1.29, 1.82) is 0 Å². The lowest BCUT2D eigenvalue weighted by Gasteiger charge is -2.12. The maximum absolute atomic E-state index is 5.53. The van der Waals surface area contributed by atoms with Crippen molar-refractivity contribution < 1.29 is 4.42 Å². The van der Waals surface area contributed by atoms with Crippen molar-refractivity contribution in [3.8, 4) is 11.5 Å². The fourth-order valence-electron chi connectivity index (χ4n) is 2.43. The van der Waals surface area contributed by atoms with Crippen LogP contribution in [0.5, 0.6) is 0 Å². The van der Waals surface area contributed by atoms with Gasteiger partial charge in [-0.3, -0.25) is 4.99 Å². The van der Waals surface area contributed by atoms with Gasteiger partial charge in [-0.1, -0.05) is 24.3 Å². The molecule has 3 rings (SSSR count). The van der Waals surface area contributed by atoms with Crippen LogP contribution in [-0.4, -0.2) is 17.4 Å². The van der Waals surface area contributed by atoms with Gasteiger partial charge in [-0.15, -0.1) is 11.3 Å². The van der Waals surface area contributed by atoms with Gasteiger partial charge in [0.05, 0.1) is 12.8 Å². The van der Waals surface area contributed by atoms with Gasteiger partial charge in [-0.2, -0.15) is 5.10 Å². The van der Waals surface area contributed by atoms with E-state index in [4.69, 9.17) is 9.52 Å². The topological polar surface area (TPSA) is 42.8 Å². The third-order valence-electron chi connectivity index (χ3n) is 3.65. The van der Waals surface area contributed by atoms with Gasteiger partial charge < -0.3 is 4.42 Å². The molecule has 1 unspecified atom stereocenters. The fourth-order valence-corrected chi connectivity index (χ4v) is 3.25. The highest BCUT2D eigenvalue weighted by Crippen LogP contribution is 2.21. The van der Waals surface area contributed by atoms with E-state index in [1.165, 1.54) is 0 Å². The number of hydrogen-bond donors (Lipinski definition) is 0. The molecule has 0 aliphatic heterocycles. The Morgan fingerprint density at radius 2 is 2.43 bits per heavy atom. The van der Waals surface area contributed by atoms with E-state index in [0.717, 1.165) is 41.1 Å². The summed E-state index contributed by atoms with van der Waals surface area (Å²) in [5, 5.41) is 6.74. The second kappa shape index (κ2) is 7.42. The molecule has 1 aliphatic carbocycles. The zero-order valence-corrected chi connectivity index (χ0v) is 14.1. The average Bonchev–Trinajstić information content (AvgIpc) is 3.21. The Morgan fingerprint density at radius 3 is 3.13 bits per heavy atom. The highest BCUT2D eigenvalue weighted by atomic mass is 32.1. The summed E-state index contributed by atoms with van der Waals surface area (Å²) in [5.41, 5.74) is 1.97. The molecule has 4 nitrogen and oxygen atoms in total. The number of thiazole rings is 1. The number of furan rings is 1.